The number of amides is 1. The average Bonchev–Trinajstić information content (AvgIpc) is 3.19. The number of hydrogen-bond acceptors (Lipinski definition) is 5. The second-order valence-corrected chi connectivity index (χ2v) is 7.42. The van der Waals surface area contributed by atoms with Crippen LogP contribution in [-0.2, 0) is 4.79 Å². The fourth-order valence-corrected chi connectivity index (χ4v) is 4.06. The van der Waals surface area contributed by atoms with Crippen molar-refractivity contribution in [2.45, 2.75) is 44.3 Å². The molecule has 0 spiro atoms. The molecule has 1 aromatic heterocycles. The molecule has 116 valence electrons. The van der Waals surface area contributed by atoms with Crippen LogP contribution in [0.2, 0.25) is 0 Å². The number of piperidine rings is 1. The molecule has 1 amide bonds. The third kappa shape index (κ3) is 3.33. The number of hydrogen-bond donors (Lipinski definition) is 1. The van der Waals surface area contributed by atoms with Gasteiger partial charge in [0.15, 0.2) is 5.16 Å². The number of nitrogens with two attached hydrogens (primary N) is 1. The van der Waals surface area contributed by atoms with Gasteiger partial charge < -0.3 is 10.6 Å². The zero-order valence-corrected chi connectivity index (χ0v) is 13.5. The summed E-state index contributed by atoms with van der Waals surface area (Å²) in [4.78, 5) is 14.4. The highest BCUT2D eigenvalue weighted by Gasteiger charge is 2.30. The number of nitrogens with zero attached hydrogens (tertiary/aromatic N) is 4. The Kier molecular flexibility index (Phi) is 4.10. The van der Waals surface area contributed by atoms with Crippen molar-refractivity contribution in [1.29, 1.82) is 0 Å². The number of aromatic nitrogens is 3. The summed E-state index contributed by atoms with van der Waals surface area (Å²) in [5, 5.41) is 8.82. The second-order valence-electron chi connectivity index (χ2n) is 6.48. The predicted octanol–water partition coefficient (Wildman–Crippen LogP) is 1.79. The van der Waals surface area contributed by atoms with Crippen molar-refractivity contribution < 1.29 is 4.79 Å². The Balaban J connectivity index is 1.58. The van der Waals surface area contributed by atoms with Crippen LogP contribution in [0.5, 0.6) is 0 Å². The van der Waals surface area contributed by atoms with Gasteiger partial charge in [0, 0.05) is 19.1 Å². The van der Waals surface area contributed by atoms with Gasteiger partial charge in [-0.2, -0.15) is 0 Å². The van der Waals surface area contributed by atoms with E-state index in [1.807, 2.05) is 9.47 Å². The van der Waals surface area contributed by atoms with Gasteiger partial charge in [-0.15, -0.1) is 10.2 Å². The molecule has 2 unspecified atom stereocenters. The monoisotopic (exact) mass is 309 g/mol. The van der Waals surface area contributed by atoms with Crippen LogP contribution in [-0.4, -0.2) is 44.4 Å². The summed E-state index contributed by atoms with van der Waals surface area (Å²) >= 11 is 1.46. The molecular formula is C14H23N5OS. The zero-order valence-electron chi connectivity index (χ0n) is 12.7. The molecule has 1 aliphatic carbocycles. The third-order valence-electron chi connectivity index (χ3n) is 4.15. The lowest BCUT2D eigenvalue weighted by molar-refractivity contribution is -0.130. The summed E-state index contributed by atoms with van der Waals surface area (Å²) < 4.78 is 1.97. The van der Waals surface area contributed by atoms with E-state index in [0.717, 1.165) is 31.1 Å². The number of carbonyl (C=O) groups excluding carboxylic acids is 1. The largest absolute Gasteiger partial charge is 0.368 e. The van der Waals surface area contributed by atoms with Crippen molar-refractivity contribution in [2.75, 3.05) is 24.6 Å². The quantitative estimate of drug-likeness (QED) is 0.858. The van der Waals surface area contributed by atoms with Crippen molar-refractivity contribution in [3.05, 3.63) is 0 Å². The van der Waals surface area contributed by atoms with Crippen LogP contribution in [0.25, 0.3) is 0 Å². The fourth-order valence-electron chi connectivity index (χ4n) is 3.15. The molecule has 0 bridgehead atoms. The maximum atomic E-state index is 12.4. The Hall–Kier alpha value is -1.24. The maximum absolute atomic E-state index is 12.4. The van der Waals surface area contributed by atoms with Crippen molar-refractivity contribution >= 4 is 23.6 Å². The van der Waals surface area contributed by atoms with Crippen LogP contribution in [0.15, 0.2) is 5.16 Å². The number of nitrogen functional groups attached to an aromatic ring is 1. The minimum Gasteiger partial charge on any atom is -0.368 e. The van der Waals surface area contributed by atoms with Gasteiger partial charge in [0.25, 0.3) is 0 Å². The molecule has 2 N–H and O–H groups in total. The molecule has 2 atom stereocenters. The lowest BCUT2D eigenvalue weighted by Crippen LogP contribution is -2.43. The molecule has 21 heavy (non-hydrogen) atoms. The van der Waals surface area contributed by atoms with E-state index in [2.05, 4.69) is 24.0 Å². The highest BCUT2D eigenvalue weighted by atomic mass is 32.2. The molecular weight excluding hydrogens is 286 g/mol. The smallest absolute Gasteiger partial charge is 0.233 e. The first-order valence-corrected chi connectivity index (χ1v) is 8.64. The Bertz CT molecular complexity index is 517. The molecule has 3 rings (SSSR count). The average molecular weight is 309 g/mol. The molecule has 1 saturated heterocycles. The third-order valence-corrected chi connectivity index (χ3v) is 5.08. The number of anilines is 1. The summed E-state index contributed by atoms with van der Waals surface area (Å²) in [5.74, 6) is 2.27. The summed E-state index contributed by atoms with van der Waals surface area (Å²) in [7, 11) is 0. The first kappa shape index (κ1) is 14.7. The first-order chi connectivity index (χ1) is 10.0. The molecule has 7 heteroatoms. The Morgan fingerprint density at radius 2 is 1.95 bits per heavy atom. The minimum atomic E-state index is 0.197. The van der Waals surface area contributed by atoms with Crippen molar-refractivity contribution in [1.82, 2.24) is 19.7 Å². The molecule has 2 heterocycles. The van der Waals surface area contributed by atoms with Gasteiger partial charge in [-0.1, -0.05) is 25.6 Å². The highest BCUT2D eigenvalue weighted by molar-refractivity contribution is 7.99. The number of likely N-dealkylation sites (tertiary alicyclic amines) is 1. The van der Waals surface area contributed by atoms with Crippen molar-refractivity contribution in [3.8, 4) is 0 Å². The molecule has 6 nitrogen and oxygen atoms in total. The van der Waals surface area contributed by atoms with E-state index in [1.165, 1.54) is 18.2 Å². The number of thioether (sulfide) groups is 1. The standard InChI is InChI=1S/C14H23N5OS/c1-9-5-10(2)7-18(6-9)12(20)8-21-14-17-16-13(15)19(14)11-3-4-11/h9-11H,3-8H2,1-2H3,(H2,15,16). The van der Waals surface area contributed by atoms with Gasteiger partial charge in [-0.3, -0.25) is 9.36 Å². The predicted molar refractivity (Wildman–Crippen MR) is 83.0 cm³/mol. The van der Waals surface area contributed by atoms with E-state index in [1.54, 1.807) is 0 Å². The van der Waals surface area contributed by atoms with Crippen LogP contribution < -0.4 is 5.73 Å². The van der Waals surface area contributed by atoms with E-state index in [4.69, 9.17) is 5.73 Å². The molecule has 1 aliphatic heterocycles. The van der Waals surface area contributed by atoms with Gasteiger partial charge in [0.2, 0.25) is 11.9 Å². The zero-order chi connectivity index (χ0) is 15.0. The van der Waals surface area contributed by atoms with E-state index in [0.29, 0.717) is 29.6 Å². The number of carbonyl (C=O) groups is 1. The van der Waals surface area contributed by atoms with E-state index in [9.17, 15) is 4.79 Å². The van der Waals surface area contributed by atoms with E-state index in [-0.39, 0.29) is 5.91 Å². The van der Waals surface area contributed by atoms with Crippen molar-refractivity contribution in [2.24, 2.45) is 11.8 Å². The molecule has 2 fully saturated rings. The van der Waals surface area contributed by atoms with Gasteiger partial charge in [-0.05, 0) is 31.1 Å². The van der Waals surface area contributed by atoms with Gasteiger partial charge in [-0.25, -0.2) is 0 Å². The lowest BCUT2D eigenvalue weighted by atomic mass is 9.92. The topological polar surface area (TPSA) is 77.0 Å². The molecule has 0 radical (unpaired) electrons. The minimum absolute atomic E-state index is 0.197. The van der Waals surface area contributed by atoms with Gasteiger partial charge in [0.1, 0.15) is 0 Å². The van der Waals surface area contributed by atoms with Gasteiger partial charge >= 0.3 is 0 Å². The van der Waals surface area contributed by atoms with Crippen LogP contribution >= 0.6 is 11.8 Å². The van der Waals surface area contributed by atoms with Crippen LogP contribution in [0.3, 0.4) is 0 Å². The lowest BCUT2D eigenvalue weighted by Gasteiger charge is -2.34. The second kappa shape index (κ2) is 5.87. The summed E-state index contributed by atoms with van der Waals surface area (Å²) in [6, 6.07) is 0.438. The Morgan fingerprint density at radius 1 is 1.29 bits per heavy atom. The maximum Gasteiger partial charge on any atom is 0.233 e. The Morgan fingerprint density at radius 3 is 2.57 bits per heavy atom. The SMILES string of the molecule is CC1CC(C)CN(C(=O)CSc2nnc(N)n2C2CC2)C1. The van der Waals surface area contributed by atoms with Crippen molar-refractivity contribution in [3.63, 3.8) is 0 Å². The summed E-state index contributed by atoms with van der Waals surface area (Å²) in [5.41, 5.74) is 5.85. The van der Waals surface area contributed by atoms with E-state index < -0.39 is 0 Å². The summed E-state index contributed by atoms with van der Waals surface area (Å²) in [6.45, 7) is 6.18. The molecule has 0 aromatic carbocycles. The first-order valence-electron chi connectivity index (χ1n) is 7.65. The van der Waals surface area contributed by atoms with Crippen LogP contribution in [0, 0.1) is 11.8 Å². The number of rotatable bonds is 4. The summed E-state index contributed by atoms with van der Waals surface area (Å²) in [6.07, 6.45) is 3.47. The van der Waals surface area contributed by atoms with Crippen LogP contribution in [0.1, 0.15) is 39.2 Å². The molecule has 1 aromatic rings. The van der Waals surface area contributed by atoms with E-state index >= 15 is 0 Å². The fraction of sp³-hybridized carbons (Fsp3) is 0.786. The normalized spacial score (nSPS) is 26.1. The Labute approximate surface area is 129 Å². The molecule has 2 aliphatic rings. The highest BCUT2D eigenvalue weighted by Crippen LogP contribution is 2.39. The van der Waals surface area contributed by atoms with Crippen LogP contribution in [0.4, 0.5) is 5.95 Å². The molecule has 1 saturated carbocycles. The van der Waals surface area contributed by atoms with Gasteiger partial charge in [0.05, 0.1) is 5.75 Å².